The van der Waals surface area contributed by atoms with Crippen LogP contribution in [0.2, 0.25) is 0 Å². The van der Waals surface area contributed by atoms with E-state index in [4.69, 9.17) is 4.99 Å². The lowest BCUT2D eigenvalue weighted by atomic mass is 9.93. The second-order valence-electron chi connectivity index (χ2n) is 8.01. The molecule has 168 valence electrons. The molecule has 0 bridgehead atoms. The van der Waals surface area contributed by atoms with Gasteiger partial charge in [-0.3, -0.25) is 4.99 Å². The van der Waals surface area contributed by atoms with Crippen LogP contribution in [0.3, 0.4) is 0 Å². The number of likely N-dealkylation sites (tertiary alicyclic amines) is 1. The SMILES string of the molecule is CCNC(=NCCCn1c(C)nc2ccccc21)NCCC1CCN(CC)CC1.I. The zero-order valence-electron chi connectivity index (χ0n) is 18.9. The monoisotopic (exact) mass is 526 g/mol. The minimum absolute atomic E-state index is 0. The van der Waals surface area contributed by atoms with Gasteiger partial charge in [-0.05, 0) is 77.2 Å². The molecule has 1 aliphatic heterocycles. The van der Waals surface area contributed by atoms with Crippen LogP contribution in [0, 0.1) is 12.8 Å². The number of hydrogen-bond donors (Lipinski definition) is 2. The quantitative estimate of drug-likeness (QED) is 0.224. The number of nitrogens with zero attached hydrogens (tertiary/aromatic N) is 4. The van der Waals surface area contributed by atoms with Crippen LogP contribution in [0.4, 0.5) is 0 Å². The van der Waals surface area contributed by atoms with Gasteiger partial charge in [-0.25, -0.2) is 4.98 Å². The topological polar surface area (TPSA) is 57.5 Å². The number of guanidine groups is 1. The van der Waals surface area contributed by atoms with E-state index in [0.29, 0.717) is 0 Å². The summed E-state index contributed by atoms with van der Waals surface area (Å²) in [5.74, 6) is 2.88. The minimum atomic E-state index is 0. The molecule has 0 amide bonds. The lowest BCUT2D eigenvalue weighted by Gasteiger charge is -2.31. The van der Waals surface area contributed by atoms with E-state index < -0.39 is 0 Å². The predicted octanol–water partition coefficient (Wildman–Crippen LogP) is 4.03. The molecule has 0 radical (unpaired) electrons. The fourth-order valence-electron chi connectivity index (χ4n) is 4.23. The number of fused-ring (bicyclic) bond motifs is 1. The van der Waals surface area contributed by atoms with Crippen molar-refractivity contribution in [3.05, 3.63) is 30.1 Å². The summed E-state index contributed by atoms with van der Waals surface area (Å²) >= 11 is 0. The third kappa shape index (κ3) is 7.11. The zero-order valence-corrected chi connectivity index (χ0v) is 21.2. The summed E-state index contributed by atoms with van der Waals surface area (Å²) in [4.78, 5) is 12.0. The van der Waals surface area contributed by atoms with Gasteiger partial charge < -0.3 is 20.1 Å². The maximum absolute atomic E-state index is 4.78. The predicted molar refractivity (Wildman–Crippen MR) is 138 cm³/mol. The Morgan fingerprint density at radius 3 is 2.67 bits per heavy atom. The first-order chi connectivity index (χ1) is 14.2. The largest absolute Gasteiger partial charge is 0.357 e. The van der Waals surface area contributed by atoms with E-state index in [1.54, 1.807) is 0 Å². The van der Waals surface area contributed by atoms with E-state index in [0.717, 1.165) is 55.8 Å². The maximum Gasteiger partial charge on any atom is 0.191 e. The molecule has 30 heavy (non-hydrogen) atoms. The number of para-hydroxylation sites is 2. The minimum Gasteiger partial charge on any atom is -0.357 e. The van der Waals surface area contributed by atoms with Crippen molar-refractivity contribution in [2.45, 2.75) is 53.0 Å². The van der Waals surface area contributed by atoms with Crippen molar-refractivity contribution in [1.82, 2.24) is 25.1 Å². The first-order valence-electron chi connectivity index (χ1n) is 11.4. The molecule has 0 unspecified atom stereocenters. The Balaban J connectivity index is 0.00000320. The van der Waals surface area contributed by atoms with E-state index in [1.165, 1.54) is 44.4 Å². The van der Waals surface area contributed by atoms with Gasteiger partial charge in [0.05, 0.1) is 11.0 Å². The van der Waals surface area contributed by atoms with Crippen molar-refractivity contribution in [2.24, 2.45) is 10.9 Å². The average Bonchev–Trinajstić information content (AvgIpc) is 3.06. The number of piperidine rings is 1. The number of nitrogens with one attached hydrogen (secondary N) is 2. The summed E-state index contributed by atoms with van der Waals surface area (Å²) in [5.41, 5.74) is 2.29. The summed E-state index contributed by atoms with van der Waals surface area (Å²) in [6.45, 7) is 13.9. The molecule has 0 aliphatic carbocycles. The van der Waals surface area contributed by atoms with Gasteiger partial charge in [-0.2, -0.15) is 0 Å². The van der Waals surface area contributed by atoms with Gasteiger partial charge in [0, 0.05) is 26.2 Å². The Labute approximate surface area is 198 Å². The van der Waals surface area contributed by atoms with E-state index in [-0.39, 0.29) is 24.0 Å². The molecule has 1 fully saturated rings. The van der Waals surface area contributed by atoms with Gasteiger partial charge in [0.2, 0.25) is 0 Å². The van der Waals surface area contributed by atoms with Crippen LogP contribution in [0.15, 0.2) is 29.3 Å². The highest BCUT2D eigenvalue weighted by Gasteiger charge is 2.17. The van der Waals surface area contributed by atoms with E-state index in [9.17, 15) is 0 Å². The fraction of sp³-hybridized carbons (Fsp3) is 0.652. The van der Waals surface area contributed by atoms with Gasteiger partial charge in [0.1, 0.15) is 5.82 Å². The van der Waals surface area contributed by atoms with Gasteiger partial charge in [0.15, 0.2) is 5.96 Å². The number of rotatable bonds is 9. The van der Waals surface area contributed by atoms with Crippen LogP contribution in [-0.4, -0.2) is 59.7 Å². The Hall–Kier alpha value is -1.35. The van der Waals surface area contributed by atoms with Crippen LogP contribution in [0.1, 0.15) is 45.4 Å². The lowest BCUT2D eigenvalue weighted by molar-refractivity contribution is 0.187. The molecule has 1 aromatic carbocycles. The zero-order chi connectivity index (χ0) is 20.5. The average molecular weight is 527 g/mol. The highest BCUT2D eigenvalue weighted by atomic mass is 127. The van der Waals surface area contributed by atoms with Crippen molar-refractivity contribution >= 4 is 41.0 Å². The molecule has 2 heterocycles. The van der Waals surface area contributed by atoms with Crippen LogP contribution in [0.5, 0.6) is 0 Å². The van der Waals surface area contributed by atoms with Crippen molar-refractivity contribution in [2.75, 3.05) is 39.3 Å². The number of imidazole rings is 1. The summed E-state index contributed by atoms with van der Waals surface area (Å²) in [7, 11) is 0. The molecule has 1 aliphatic rings. The molecular weight excluding hydrogens is 487 g/mol. The van der Waals surface area contributed by atoms with E-state index in [1.807, 2.05) is 6.07 Å². The first-order valence-corrected chi connectivity index (χ1v) is 11.4. The Bertz CT molecular complexity index is 779. The van der Waals surface area contributed by atoms with Crippen LogP contribution in [-0.2, 0) is 6.54 Å². The summed E-state index contributed by atoms with van der Waals surface area (Å²) < 4.78 is 2.30. The second kappa shape index (κ2) is 13.1. The Morgan fingerprint density at radius 1 is 1.17 bits per heavy atom. The lowest BCUT2D eigenvalue weighted by Crippen LogP contribution is -2.39. The highest BCUT2D eigenvalue weighted by Crippen LogP contribution is 2.19. The number of aliphatic imine (C=N–C) groups is 1. The first kappa shape index (κ1) is 24.9. The van der Waals surface area contributed by atoms with Crippen LogP contribution < -0.4 is 10.6 Å². The van der Waals surface area contributed by atoms with Crippen LogP contribution >= 0.6 is 24.0 Å². The molecule has 0 saturated carbocycles. The van der Waals surface area contributed by atoms with Crippen molar-refractivity contribution < 1.29 is 0 Å². The van der Waals surface area contributed by atoms with Crippen molar-refractivity contribution in [3.8, 4) is 0 Å². The molecule has 6 nitrogen and oxygen atoms in total. The number of halogens is 1. The summed E-state index contributed by atoms with van der Waals surface area (Å²) in [6, 6.07) is 8.35. The number of benzene rings is 1. The third-order valence-electron chi connectivity index (χ3n) is 6.00. The van der Waals surface area contributed by atoms with Gasteiger partial charge in [-0.15, -0.1) is 24.0 Å². The number of aryl methyl sites for hydroxylation is 2. The number of hydrogen-bond acceptors (Lipinski definition) is 3. The normalized spacial score (nSPS) is 15.9. The second-order valence-corrected chi connectivity index (χ2v) is 8.01. The van der Waals surface area contributed by atoms with E-state index in [2.05, 4.69) is 64.1 Å². The molecular formula is C23H39IN6. The number of aromatic nitrogens is 2. The molecule has 2 N–H and O–H groups in total. The van der Waals surface area contributed by atoms with Gasteiger partial charge in [0.25, 0.3) is 0 Å². The fourth-order valence-corrected chi connectivity index (χ4v) is 4.23. The maximum atomic E-state index is 4.78. The smallest absolute Gasteiger partial charge is 0.191 e. The molecule has 2 aromatic rings. The van der Waals surface area contributed by atoms with Crippen LogP contribution in [0.25, 0.3) is 11.0 Å². The molecule has 1 aromatic heterocycles. The van der Waals surface area contributed by atoms with Crippen molar-refractivity contribution in [3.63, 3.8) is 0 Å². The summed E-state index contributed by atoms with van der Waals surface area (Å²) in [6.07, 6.45) is 4.91. The Kier molecular flexibility index (Phi) is 10.9. The highest BCUT2D eigenvalue weighted by molar-refractivity contribution is 14.0. The molecule has 0 atom stereocenters. The molecule has 3 rings (SSSR count). The van der Waals surface area contributed by atoms with Crippen molar-refractivity contribution in [1.29, 1.82) is 0 Å². The van der Waals surface area contributed by atoms with E-state index >= 15 is 0 Å². The third-order valence-corrected chi connectivity index (χ3v) is 6.00. The van der Waals surface area contributed by atoms with Gasteiger partial charge >= 0.3 is 0 Å². The molecule has 0 spiro atoms. The molecule has 1 saturated heterocycles. The molecule has 7 heteroatoms. The summed E-state index contributed by atoms with van der Waals surface area (Å²) in [5, 5.41) is 6.92. The standard InChI is InChI=1S/C23H38N6.HI/c1-4-24-23(26-15-11-20-12-17-28(5-2)18-13-20)25-14-8-16-29-19(3)27-21-9-6-7-10-22(21)29;/h6-7,9-10,20H,4-5,8,11-18H2,1-3H3,(H2,24,25,26);1H. The Morgan fingerprint density at radius 2 is 1.93 bits per heavy atom. The van der Waals surface area contributed by atoms with Gasteiger partial charge in [-0.1, -0.05) is 19.1 Å².